The summed E-state index contributed by atoms with van der Waals surface area (Å²) in [5, 5.41) is 13.4. The minimum absolute atomic E-state index is 0.179. The fourth-order valence-corrected chi connectivity index (χ4v) is 4.45. The Morgan fingerprint density at radius 3 is 2.52 bits per heavy atom. The number of nitrogens with zero attached hydrogens (tertiary/aromatic N) is 1. The molecule has 0 spiro atoms. The highest BCUT2D eigenvalue weighted by molar-refractivity contribution is 6.30. The zero-order chi connectivity index (χ0) is 19.4. The SMILES string of the molecule is CN(C)CC1CCC/C(=C/c2ccc(Cl)cc2)C1(O)Cc1cccc(Cl)c1. The summed E-state index contributed by atoms with van der Waals surface area (Å²) in [7, 11) is 4.13. The molecule has 2 aromatic rings. The number of rotatable bonds is 5. The van der Waals surface area contributed by atoms with Crippen LogP contribution in [0, 0.1) is 5.92 Å². The third kappa shape index (κ3) is 5.14. The van der Waals surface area contributed by atoms with E-state index in [9.17, 15) is 5.11 Å². The molecule has 1 saturated carbocycles. The normalized spacial score (nSPS) is 24.5. The predicted molar refractivity (Wildman–Crippen MR) is 115 cm³/mol. The Balaban J connectivity index is 1.99. The summed E-state index contributed by atoms with van der Waals surface area (Å²) in [6.07, 6.45) is 5.74. The molecule has 1 N–H and O–H groups in total. The minimum atomic E-state index is -0.882. The summed E-state index contributed by atoms with van der Waals surface area (Å²) in [5.41, 5.74) is 2.36. The molecule has 0 saturated heterocycles. The van der Waals surface area contributed by atoms with Gasteiger partial charge in [-0.15, -0.1) is 0 Å². The summed E-state index contributed by atoms with van der Waals surface area (Å²) in [6.45, 7) is 0.856. The van der Waals surface area contributed by atoms with Crippen molar-refractivity contribution >= 4 is 29.3 Å². The van der Waals surface area contributed by atoms with Crippen LogP contribution in [0.25, 0.3) is 6.08 Å². The lowest BCUT2D eigenvalue weighted by atomic mass is 9.68. The van der Waals surface area contributed by atoms with E-state index in [1.165, 1.54) is 0 Å². The molecule has 2 nitrogen and oxygen atoms in total. The van der Waals surface area contributed by atoms with Gasteiger partial charge in [0.25, 0.3) is 0 Å². The van der Waals surface area contributed by atoms with Crippen molar-refractivity contribution < 1.29 is 5.11 Å². The first kappa shape index (κ1) is 20.4. The van der Waals surface area contributed by atoms with Crippen LogP contribution in [0.4, 0.5) is 0 Å². The smallest absolute Gasteiger partial charge is 0.0940 e. The Hall–Kier alpha value is -1.32. The van der Waals surface area contributed by atoms with Crippen molar-refractivity contribution in [2.24, 2.45) is 5.92 Å². The Kier molecular flexibility index (Phi) is 6.65. The maximum absolute atomic E-state index is 11.9. The van der Waals surface area contributed by atoms with Crippen molar-refractivity contribution in [3.8, 4) is 0 Å². The largest absolute Gasteiger partial charge is 0.385 e. The van der Waals surface area contributed by atoms with Crippen LogP contribution in [0.15, 0.2) is 54.1 Å². The van der Waals surface area contributed by atoms with Crippen LogP contribution in [0.3, 0.4) is 0 Å². The van der Waals surface area contributed by atoms with E-state index in [1.807, 2.05) is 48.5 Å². The Morgan fingerprint density at radius 2 is 1.85 bits per heavy atom. The molecule has 0 bridgehead atoms. The highest BCUT2D eigenvalue weighted by Gasteiger charge is 2.42. The first-order valence-corrected chi connectivity index (χ1v) is 10.2. The van der Waals surface area contributed by atoms with Gasteiger partial charge in [0, 0.05) is 28.9 Å². The van der Waals surface area contributed by atoms with Crippen LogP contribution in [0.5, 0.6) is 0 Å². The lowest BCUT2D eigenvalue weighted by Gasteiger charge is -2.43. The van der Waals surface area contributed by atoms with E-state index in [2.05, 4.69) is 25.1 Å². The molecule has 3 rings (SSSR count). The molecule has 0 radical (unpaired) electrons. The average molecular weight is 404 g/mol. The van der Waals surface area contributed by atoms with Crippen LogP contribution in [0.2, 0.25) is 10.0 Å². The molecule has 0 heterocycles. The quantitative estimate of drug-likeness (QED) is 0.690. The number of aliphatic hydroxyl groups is 1. The molecule has 1 fully saturated rings. The van der Waals surface area contributed by atoms with E-state index in [4.69, 9.17) is 23.2 Å². The van der Waals surface area contributed by atoms with Gasteiger partial charge in [0.15, 0.2) is 0 Å². The zero-order valence-corrected chi connectivity index (χ0v) is 17.5. The predicted octanol–water partition coefficient (Wildman–Crippen LogP) is 5.71. The first-order chi connectivity index (χ1) is 12.9. The van der Waals surface area contributed by atoms with Crippen molar-refractivity contribution in [1.82, 2.24) is 4.90 Å². The molecule has 0 aliphatic heterocycles. The van der Waals surface area contributed by atoms with Crippen molar-refractivity contribution in [2.75, 3.05) is 20.6 Å². The second kappa shape index (κ2) is 8.79. The number of hydrogen-bond acceptors (Lipinski definition) is 2. The van der Waals surface area contributed by atoms with Crippen LogP contribution >= 0.6 is 23.2 Å². The summed E-state index contributed by atoms with van der Waals surface area (Å²) >= 11 is 12.2. The standard InChI is InChI=1S/C23H27Cl2NO/c1-26(2)16-20-7-4-6-19(13-17-9-11-21(24)12-10-17)23(20,27)15-18-5-3-8-22(25)14-18/h3,5,8-14,20,27H,4,6-7,15-16H2,1-2H3/b19-13-. The van der Waals surface area contributed by atoms with Gasteiger partial charge in [-0.3, -0.25) is 0 Å². The molecule has 1 aliphatic rings. The molecule has 2 unspecified atom stereocenters. The van der Waals surface area contributed by atoms with Gasteiger partial charge >= 0.3 is 0 Å². The van der Waals surface area contributed by atoms with Gasteiger partial charge in [0.1, 0.15) is 0 Å². The lowest BCUT2D eigenvalue weighted by molar-refractivity contribution is -0.0123. The average Bonchev–Trinajstić information content (AvgIpc) is 2.60. The third-order valence-corrected chi connectivity index (χ3v) is 5.88. The Bertz CT molecular complexity index is 800. The highest BCUT2D eigenvalue weighted by atomic mass is 35.5. The van der Waals surface area contributed by atoms with Crippen molar-refractivity contribution in [3.63, 3.8) is 0 Å². The molecular weight excluding hydrogens is 377 g/mol. The maximum Gasteiger partial charge on any atom is 0.0940 e. The topological polar surface area (TPSA) is 23.5 Å². The van der Waals surface area contributed by atoms with Crippen LogP contribution in [-0.4, -0.2) is 36.2 Å². The lowest BCUT2D eigenvalue weighted by Crippen LogP contribution is -2.48. The van der Waals surface area contributed by atoms with Crippen LogP contribution in [0.1, 0.15) is 30.4 Å². The van der Waals surface area contributed by atoms with E-state index in [0.717, 1.165) is 47.5 Å². The van der Waals surface area contributed by atoms with E-state index in [-0.39, 0.29) is 5.92 Å². The van der Waals surface area contributed by atoms with Gasteiger partial charge < -0.3 is 10.0 Å². The maximum atomic E-state index is 11.9. The van der Waals surface area contributed by atoms with Gasteiger partial charge in [-0.25, -0.2) is 0 Å². The van der Waals surface area contributed by atoms with E-state index < -0.39 is 5.60 Å². The Labute approximate surface area is 172 Å². The van der Waals surface area contributed by atoms with Crippen LogP contribution < -0.4 is 0 Å². The second-order valence-corrected chi connectivity index (χ2v) is 8.68. The van der Waals surface area contributed by atoms with Crippen LogP contribution in [-0.2, 0) is 6.42 Å². The van der Waals surface area contributed by atoms with E-state index in [1.54, 1.807) is 0 Å². The van der Waals surface area contributed by atoms with Gasteiger partial charge in [-0.05, 0) is 74.3 Å². The molecule has 27 heavy (non-hydrogen) atoms. The van der Waals surface area contributed by atoms with Crippen molar-refractivity contribution in [3.05, 3.63) is 75.3 Å². The molecule has 2 aromatic carbocycles. The molecule has 144 valence electrons. The van der Waals surface area contributed by atoms with Gasteiger partial charge in [0.2, 0.25) is 0 Å². The molecule has 1 aliphatic carbocycles. The molecule has 0 aromatic heterocycles. The summed E-state index contributed by atoms with van der Waals surface area (Å²) in [6, 6.07) is 15.6. The summed E-state index contributed by atoms with van der Waals surface area (Å²) in [4.78, 5) is 2.17. The van der Waals surface area contributed by atoms with Gasteiger partial charge in [-0.1, -0.05) is 53.5 Å². The monoisotopic (exact) mass is 403 g/mol. The molecule has 0 amide bonds. The third-order valence-electron chi connectivity index (χ3n) is 5.39. The van der Waals surface area contributed by atoms with Crippen molar-refractivity contribution in [2.45, 2.75) is 31.3 Å². The molecule has 4 heteroatoms. The molecule has 2 atom stereocenters. The fourth-order valence-electron chi connectivity index (χ4n) is 4.11. The fraction of sp³-hybridized carbons (Fsp3) is 0.391. The Morgan fingerprint density at radius 1 is 1.11 bits per heavy atom. The van der Waals surface area contributed by atoms with E-state index in [0.29, 0.717) is 11.4 Å². The van der Waals surface area contributed by atoms with Gasteiger partial charge in [0.05, 0.1) is 5.60 Å². The molecular formula is C23H27Cl2NO. The van der Waals surface area contributed by atoms with Crippen molar-refractivity contribution in [1.29, 1.82) is 0 Å². The first-order valence-electron chi connectivity index (χ1n) is 9.45. The number of hydrogen-bond donors (Lipinski definition) is 1. The van der Waals surface area contributed by atoms with E-state index >= 15 is 0 Å². The number of benzene rings is 2. The highest BCUT2D eigenvalue weighted by Crippen LogP contribution is 2.42. The minimum Gasteiger partial charge on any atom is -0.385 e. The number of halogens is 2. The zero-order valence-electron chi connectivity index (χ0n) is 16.0. The summed E-state index contributed by atoms with van der Waals surface area (Å²) < 4.78 is 0. The second-order valence-electron chi connectivity index (χ2n) is 7.80. The summed E-state index contributed by atoms with van der Waals surface area (Å²) in [5.74, 6) is 0.179. The van der Waals surface area contributed by atoms with Gasteiger partial charge in [-0.2, -0.15) is 0 Å².